The number of imide groups is 1. The summed E-state index contributed by atoms with van der Waals surface area (Å²) >= 11 is 1.94. The van der Waals surface area contributed by atoms with Crippen LogP contribution in [0.25, 0.3) is 10.5 Å². The molecular weight excluding hydrogens is 785 g/mol. The fraction of sp³-hybridized carbons (Fsp3) is 0.300. The van der Waals surface area contributed by atoms with Crippen molar-refractivity contribution in [2.45, 2.75) is 38.3 Å². The van der Waals surface area contributed by atoms with Crippen LogP contribution >= 0.6 is 34.9 Å². The van der Waals surface area contributed by atoms with E-state index in [-0.39, 0.29) is 35.0 Å². The number of hydrogen-bond acceptors (Lipinski definition) is 15. The fourth-order valence-electron chi connectivity index (χ4n) is 5.35. The average Bonchev–Trinajstić information content (AvgIpc) is 3.74. The van der Waals surface area contributed by atoms with E-state index in [2.05, 4.69) is 0 Å². The van der Waals surface area contributed by atoms with Gasteiger partial charge in [-0.25, -0.2) is 0 Å². The Morgan fingerprint density at radius 1 is 0.925 bits per heavy atom. The van der Waals surface area contributed by atoms with Crippen molar-refractivity contribution >= 4 is 90.2 Å². The molecule has 0 saturated carbocycles. The minimum Gasteiger partial charge on any atom is -0.496 e. The van der Waals surface area contributed by atoms with Gasteiger partial charge in [-0.2, -0.15) is 8.42 Å². The van der Waals surface area contributed by atoms with E-state index in [1.807, 2.05) is 6.07 Å². The van der Waals surface area contributed by atoms with E-state index < -0.39 is 96.1 Å². The van der Waals surface area contributed by atoms with Gasteiger partial charge in [0.1, 0.15) is 35.0 Å². The molecule has 4 N–H and O–H groups in total. The summed E-state index contributed by atoms with van der Waals surface area (Å²) in [6.45, 7) is 0.331. The molecule has 5 rings (SSSR count). The smallest absolute Gasteiger partial charge is 0.323 e. The number of carboxylic acid groups (broad SMARTS) is 3. The monoisotopic (exact) mass is 812 g/mol. The van der Waals surface area contributed by atoms with Crippen LogP contribution in [0.2, 0.25) is 0 Å². The van der Waals surface area contributed by atoms with E-state index >= 15 is 0 Å². The Kier molecular flexibility index (Phi) is 11.1. The summed E-state index contributed by atoms with van der Waals surface area (Å²) in [7, 11) is -2.78. The topological polar surface area (TPSA) is 273 Å². The first-order valence-corrected chi connectivity index (χ1v) is 19.1. The van der Waals surface area contributed by atoms with Crippen LogP contribution in [0.15, 0.2) is 42.1 Å². The number of benzene rings is 1. The molecule has 2 amide bonds. The van der Waals surface area contributed by atoms with Crippen molar-refractivity contribution in [2.75, 3.05) is 30.9 Å². The number of aryl methyl sites for hydroxylation is 1. The standard InChI is InChI=1S/C30H28N4O15S4/c1-13-7-15-17(9-16(13)48-3)50-18(31(15)5-4-6-53(45,46)47)8-14(2)22-25(41)32(10-19(35)36)28(49-22)23-26(42)33(11-20(37)38)29(51-23)24-27(43)34(12-21(39)40)30(44)52-24/h7-9H,4-6,10-12H2,1-3H3,(H,35,36)(H,37,38)(H,39,40)(H,45,46,47)/b18-8?,22-14?,28-23+,29-24?. The Labute approximate surface area is 309 Å². The molecule has 3 aromatic rings. The second kappa shape index (κ2) is 15.1. The first-order valence-electron chi connectivity index (χ1n) is 15.0. The molecule has 0 spiro atoms. The van der Waals surface area contributed by atoms with Crippen LogP contribution in [0.4, 0.5) is 10.5 Å². The Morgan fingerprint density at radius 2 is 1.57 bits per heavy atom. The first kappa shape index (κ1) is 39.1. The first-order chi connectivity index (χ1) is 24.8. The number of carbonyl (C=O) groups excluding carboxylic acids is 2. The summed E-state index contributed by atoms with van der Waals surface area (Å²) in [5, 5.41) is 27.8. The van der Waals surface area contributed by atoms with Crippen LogP contribution in [-0.2, 0) is 42.4 Å². The summed E-state index contributed by atoms with van der Waals surface area (Å²) in [5.74, 6) is -5.64. The molecule has 1 fully saturated rings. The summed E-state index contributed by atoms with van der Waals surface area (Å²) in [6.07, 6.45) is 1.53. The lowest BCUT2D eigenvalue weighted by molar-refractivity contribution is -0.140. The van der Waals surface area contributed by atoms with Gasteiger partial charge in [0.15, 0.2) is 9.95 Å². The molecule has 1 aromatic carbocycles. The maximum Gasteiger partial charge on any atom is 0.323 e. The van der Waals surface area contributed by atoms with E-state index in [4.69, 9.17) is 14.3 Å². The lowest BCUT2D eigenvalue weighted by Gasteiger charge is -2.21. The van der Waals surface area contributed by atoms with E-state index in [0.717, 1.165) is 5.56 Å². The van der Waals surface area contributed by atoms with Gasteiger partial charge >= 0.3 is 17.9 Å². The molecule has 2 aromatic heterocycles. The lowest BCUT2D eigenvalue weighted by Crippen LogP contribution is -2.35. The Hall–Kier alpha value is -5.10. The number of thiazole rings is 1. The SMILES string of the molecule is COc1cc2c(cc1C)N(CCCS(=O)(=O)O)C(=CC(C)=c1o/c(=c3/sc(=C4SC(=O)N(CC(=O)O)C4=O)n(CC(=O)O)c3=O)n(CC(=O)O)c1=O)S2. The maximum absolute atomic E-state index is 13.8. The van der Waals surface area contributed by atoms with Crippen LogP contribution in [0, 0.1) is 17.0 Å². The summed E-state index contributed by atoms with van der Waals surface area (Å²) in [5.41, 5.74) is -1.54. The van der Waals surface area contributed by atoms with Crippen molar-refractivity contribution in [3.8, 4) is 5.75 Å². The molecule has 0 aliphatic carbocycles. The number of amides is 2. The number of ether oxygens (including phenoxy) is 1. The molecule has 23 heteroatoms. The quantitative estimate of drug-likeness (QED) is 0.178. The minimum atomic E-state index is -4.28. The molecule has 0 unspecified atom stereocenters. The number of thioether (sulfide) groups is 2. The lowest BCUT2D eigenvalue weighted by atomic mass is 10.1. The summed E-state index contributed by atoms with van der Waals surface area (Å²) < 4.78 is 43.9. The third-order valence-electron chi connectivity index (χ3n) is 7.61. The number of oxazole rings is 1. The van der Waals surface area contributed by atoms with Crippen molar-refractivity contribution in [2.24, 2.45) is 0 Å². The Morgan fingerprint density at radius 3 is 2.17 bits per heavy atom. The van der Waals surface area contributed by atoms with Crippen molar-refractivity contribution < 1.29 is 61.4 Å². The number of aromatic nitrogens is 2. The highest BCUT2D eigenvalue weighted by atomic mass is 32.2. The van der Waals surface area contributed by atoms with Gasteiger partial charge < -0.3 is 29.4 Å². The number of aliphatic carboxylic acids is 3. The largest absolute Gasteiger partial charge is 0.496 e. The number of carbonyl (C=O) groups is 5. The number of nitrogens with zero attached hydrogens (tertiary/aromatic N) is 4. The van der Waals surface area contributed by atoms with E-state index in [0.29, 0.717) is 46.7 Å². The zero-order valence-electron chi connectivity index (χ0n) is 27.7. The van der Waals surface area contributed by atoms with Crippen LogP contribution in [0.3, 0.4) is 0 Å². The molecule has 1 saturated heterocycles. The highest BCUT2D eigenvalue weighted by Gasteiger charge is 2.38. The molecule has 2 aliphatic rings. The van der Waals surface area contributed by atoms with Gasteiger partial charge in [-0.05, 0) is 55.8 Å². The second-order valence-electron chi connectivity index (χ2n) is 11.4. The van der Waals surface area contributed by atoms with Crippen molar-refractivity contribution in [1.82, 2.24) is 14.0 Å². The van der Waals surface area contributed by atoms with Crippen LogP contribution < -0.4 is 30.8 Å². The number of carboxylic acids is 3. The average molecular weight is 813 g/mol. The predicted octanol–water partition coefficient (Wildman–Crippen LogP) is 0.228. The molecule has 53 heavy (non-hydrogen) atoms. The highest BCUT2D eigenvalue weighted by molar-refractivity contribution is 8.23. The molecule has 0 radical (unpaired) electrons. The molecule has 0 bridgehead atoms. The third kappa shape index (κ3) is 8.12. The second-order valence-corrected chi connectivity index (χ2v) is 16.0. The van der Waals surface area contributed by atoms with Gasteiger partial charge in [-0.15, -0.1) is 11.3 Å². The highest BCUT2D eigenvalue weighted by Crippen LogP contribution is 2.48. The van der Waals surface area contributed by atoms with Crippen LogP contribution in [-0.4, -0.2) is 97.3 Å². The Balaban J connectivity index is 1.78. The molecule has 4 heterocycles. The number of fused-ring (bicyclic) bond motifs is 1. The zero-order valence-corrected chi connectivity index (χ0v) is 30.9. The Bertz CT molecular complexity index is 2600. The van der Waals surface area contributed by atoms with Crippen LogP contribution in [0.1, 0.15) is 18.9 Å². The van der Waals surface area contributed by atoms with E-state index in [1.54, 1.807) is 17.9 Å². The fourth-order valence-corrected chi connectivity index (χ4v) is 9.19. The number of hydrogen-bond donors (Lipinski definition) is 4. The maximum atomic E-state index is 13.8. The van der Waals surface area contributed by atoms with Gasteiger partial charge in [0.2, 0.25) is 5.55 Å². The third-order valence-corrected chi connectivity index (χ3v) is 11.8. The van der Waals surface area contributed by atoms with Crippen molar-refractivity contribution in [3.05, 3.63) is 69.7 Å². The summed E-state index contributed by atoms with van der Waals surface area (Å²) in [4.78, 5) is 90.3. The number of methoxy groups -OCH3 is 1. The van der Waals surface area contributed by atoms with Gasteiger partial charge in [0.05, 0.1) is 23.6 Å². The van der Waals surface area contributed by atoms with Gasteiger partial charge in [0.25, 0.3) is 32.4 Å². The van der Waals surface area contributed by atoms with E-state index in [9.17, 15) is 56.7 Å². The molecule has 19 nitrogen and oxygen atoms in total. The number of allylic oxidation sites excluding steroid dienone is 1. The number of anilines is 1. The van der Waals surface area contributed by atoms with Crippen molar-refractivity contribution in [3.63, 3.8) is 0 Å². The van der Waals surface area contributed by atoms with Crippen molar-refractivity contribution in [1.29, 1.82) is 0 Å². The van der Waals surface area contributed by atoms with E-state index in [1.165, 1.54) is 31.9 Å². The van der Waals surface area contributed by atoms with Gasteiger partial charge in [-0.1, -0.05) is 11.8 Å². The van der Waals surface area contributed by atoms with Crippen LogP contribution in [0.5, 0.6) is 5.75 Å². The normalized spacial score (nSPS) is 17.5. The predicted molar refractivity (Wildman–Crippen MR) is 189 cm³/mol. The number of rotatable bonds is 12. The van der Waals surface area contributed by atoms with Gasteiger partial charge in [-0.3, -0.25) is 52.1 Å². The zero-order chi connectivity index (χ0) is 39.1. The minimum absolute atomic E-state index is 0.0133. The molecule has 0 atom stereocenters. The molecule has 2 aliphatic heterocycles. The summed E-state index contributed by atoms with van der Waals surface area (Å²) in [6, 6.07) is 3.58. The molecule has 282 valence electrons. The van der Waals surface area contributed by atoms with Gasteiger partial charge in [0, 0.05) is 17.0 Å². The molecular formula is C30H28N4O15S4.